The summed E-state index contributed by atoms with van der Waals surface area (Å²) in [6.45, 7) is 2.68. The topological polar surface area (TPSA) is 96.0 Å². The van der Waals surface area contributed by atoms with Crippen LogP contribution in [0.3, 0.4) is 0 Å². The summed E-state index contributed by atoms with van der Waals surface area (Å²) in [7, 11) is -3.87. The number of hydrogen-bond donors (Lipinski definition) is 1. The average molecular weight is 456 g/mol. The van der Waals surface area contributed by atoms with E-state index in [1.807, 2.05) is 4.90 Å². The number of carbonyl (C=O) groups is 2. The SMILES string of the molecule is O=C(c1ccc(Cl)c(S(=O)(=O)NC[C@H]2CCCO2)c1)N1CCN(C(=O)C2CC2)CC1. The van der Waals surface area contributed by atoms with Crippen LogP contribution in [-0.2, 0) is 19.6 Å². The fraction of sp³-hybridized carbons (Fsp3) is 0.600. The Balaban J connectivity index is 1.41. The van der Waals surface area contributed by atoms with E-state index in [1.165, 1.54) is 18.2 Å². The Morgan fingerprint density at radius 2 is 1.80 bits per heavy atom. The maximum atomic E-state index is 12.9. The lowest BCUT2D eigenvalue weighted by molar-refractivity contribution is -0.134. The van der Waals surface area contributed by atoms with Gasteiger partial charge in [0.05, 0.1) is 11.1 Å². The third kappa shape index (κ3) is 4.80. The summed E-state index contributed by atoms with van der Waals surface area (Å²) in [4.78, 5) is 28.5. The summed E-state index contributed by atoms with van der Waals surface area (Å²) in [6.07, 6.45) is 3.50. The van der Waals surface area contributed by atoms with Gasteiger partial charge in [0.15, 0.2) is 0 Å². The first-order valence-electron chi connectivity index (χ1n) is 10.3. The van der Waals surface area contributed by atoms with Gasteiger partial charge < -0.3 is 14.5 Å². The highest BCUT2D eigenvalue weighted by Gasteiger charge is 2.35. The molecule has 1 aromatic rings. The first kappa shape index (κ1) is 21.5. The van der Waals surface area contributed by atoms with Gasteiger partial charge in [-0.25, -0.2) is 13.1 Å². The fourth-order valence-corrected chi connectivity index (χ4v) is 5.42. The highest BCUT2D eigenvalue weighted by atomic mass is 35.5. The van der Waals surface area contributed by atoms with E-state index < -0.39 is 10.0 Å². The number of halogens is 1. The van der Waals surface area contributed by atoms with Crippen molar-refractivity contribution < 1.29 is 22.7 Å². The van der Waals surface area contributed by atoms with Crippen LogP contribution in [0.15, 0.2) is 23.1 Å². The largest absolute Gasteiger partial charge is 0.377 e. The molecule has 0 radical (unpaired) electrons. The smallest absolute Gasteiger partial charge is 0.254 e. The van der Waals surface area contributed by atoms with Crippen molar-refractivity contribution in [3.05, 3.63) is 28.8 Å². The van der Waals surface area contributed by atoms with E-state index in [0.29, 0.717) is 32.8 Å². The summed E-state index contributed by atoms with van der Waals surface area (Å²) < 4.78 is 33.4. The molecule has 2 aliphatic heterocycles. The lowest BCUT2D eigenvalue weighted by atomic mass is 10.1. The Kier molecular flexibility index (Phi) is 6.34. The van der Waals surface area contributed by atoms with Gasteiger partial charge in [-0.15, -0.1) is 0 Å². The molecule has 1 aromatic carbocycles. The van der Waals surface area contributed by atoms with Gasteiger partial charge in [0.25, 0.3) is 5.91 Å². The van der Waals surface area contributed by atoms with Crippen molar-refractivity contribution >= 4 is 33.4 Å². The second-order valence-electron chi connectivity index (χ2n) is 8.02. The van der Waals surface area contributed by atoms with Gasteiger partial charge in [-0.3, -0.25) is 9.59 Å². The van der Waals surface area contributed by atoms with Crippen LogP contribution >= 0.6 is 11.6 Å². The van der Waals surface area contributed by atoms with Crippen LogP contribution in [0.1, 0.15) is 36.0 Å². The Morgan fingerprint density at radius 3 is 2.43 bits per heavy atom. The van der Waals surface area contributed by atoms with E-state index in [0.717, 1.165) is 25.7 Å². The molecule has 1 atom stereocenters. The minimum Gasteiger partial charge on any atom is -0.377 e. The summed E-state index contributed by atoms with van der Waals surface area (Å²) in [6, 6.07) is 4.29. The number of hydrogen-bond acceptors (Lipinski definition) is 5. The molecule has 10 heteroatoms. The normalized spacial score (nSPS) is 22.4. The number of amides is 2. The van der Waals surface area contributed by atoms with Gasteiger partial charge in [0.2, 0.25) is 15.9 Å². The molecule has 2 saturated heterocycles. The van der Waals surface area contributed by atoms with Crippen molar-refractivity contribution in [2.24, 2.45) is 5.92 Å². The van der Waals surface area contributed by atoms with Crippen LogP contribution in [0.4, 0.5) is 0 Å². The lowest BCUT2D eigenvalue weighted by Gasteiger charge is -2.35. The Labute approximate surface area is 181 Å². The molecule has 30 heavy (non-hydrogen) atoms. The quantitative estimate of drug-likeness (QED) is 0.701. The Bertz CT molecular complexity index is 920. The predicted octanol–water partition coefficient (Wildman–Crippen LogP) is 1.49. The standard InChI is InChI=1S/C20H26ClN3O5S/c21-17-6-5-15(12-18(17)30(27,28)22-13-16-2-1-11-29-16)20(26)24-9-7-23(8-10-24)19(25)14-3-4-14/h5-6,12,14,16,22H,1-4,7-11,13H2/t16-/m1/s1. The van der Waals surface area contributed by atoms with Crippen LogP contribution < -0.4 is 4.72 Å². The monoisotopic (exact) mass is 455 g/mol. The molecular formula is C20H26ClN3O5S. The van der Waals surface area contributed by atoms with E-state index in [9.17, 15) is 18.0 Å². The van der Waals surface area contributed by atoms with E-state index in [4.69, 9.17) is 16.3 Å². The average Bonchev–Trinajstić information content (AvgIpc) is 3.47. The zero-order valence-corrected chi connectivity index (χ0v) is 18.3. The van der Waals surface area contributed by atoms with Crippen molar-refractivity contribution in [1.29, 1.82) is 0 Å². The van der Waals surface area contributed by atoms with Crippen molar-refractivity contribution in [3.8, 4) is 0 Å². The maximum absolute atomic E-state index is 12.9. The third-order valence-electron chi connectivity index (χ3n) is 5.80. The Hall–Kier alpha value is -1.68. The number of nitrogens with zero attached hydrogens (tertiary/aromatic N) is 2. The van der Waals surface area contributed by atoms with Gasteiger partial charge in [0.1, 0.15) is 4.90 Å². The molecule has 1 saturated carbocycles. The molecule has 2 heterocycles. The number of rotatable bonds is 6. The lowest BCUT2D eigenvalue weighted by Crippen LogP contribution is -2.51. The first-order chi connectivity index (χ1) is 14.3. The number of carbonyl (C=O) groups excluding carboxylic acids is 2. The van der Waals surface area contributed by atoms with E-state index >= 15 is 0 Å². The molecule has 0 spiro atoms. The molecule has 0 bridgehead atoms. The number of piperazine rings is 1. The van der Waals surface area contributed by atoms with Crippen molar-refractivity contribution in [1.82, 2.24) is 14.5 Å². The first-order valence-corrected chi connectivity index (χ1v) is 12.2. The fourth-order valence-electron chi connectivity index (χ4n) is 3.83. The van der Waals surface area contributed by atoms with Crippen molar-refractivity contribution in [2.75, 3.05) is 39.3 Å². The van der Waals surface area contributed by atoms with E-state index in [2.05, 4.69) is 4.72 Å². The van der Waals surface area contributed by atoms with Gasteiger partial charge in [-0.2, -0.15) is 0 Å². The number of nitrogens with one attached hydrogen (secondary N) is 1. The number of ether oxygens (including phenoxy) is 1. The minimum atomic E-state index is -3.87. The maximum Gasteiger partial charge on any atom is 0.254 e. The van der Waals surface area contributed by atoms with Gasteiger partial charge in [-0.05, 0) is 43.9 Å². The molecule has 164 valence electrons. The van der Waals surface area contributed by atoms with Crippen LogP contribution in [-0.4, -0.2) is 75.5 Å². The summed E-state index contributed by atoms with van der Waals surface area (Å²) >= 11 is 6.14. The molecule has 1 N–H and O–H groups in total. The van der Waals surface area contributed by atoms with Gasteiger partial charge in [0, 0.05) is 50.8 Å². The van der Waals surface area contributed by atoms with Crippen LogP contribution in [0, 0.1) is 5.92 Å². The van der Waals surface area contributed by atoms with Crippen LogP contribution in [0.2, 0.25) is 5.02 Å². The molecule has 3 aliphatic rings. The van der Waals surface area contributed by atoms with Crippen LogP contribution in [0.5, 0.6) is 0 Å². The highest BCUT2D eigenvalue weighted by Crippen LogP contribution is 2.31. The second kappa shape index (κ2) is 8.82. The van der Waals surface area contributed by atoms with Gasteiger partial charge >= 0.3 is 0 Å². The molecule has 4 rings (SSSR count). The summed E-state index contributed by atoms with van der Waals surface area (Å²) in [5.74, 6) is 0.0819. The molecule has 1 aliphatic carbocycles. The molecule has 3 fully saturated rings. The third-order valence-corrected chi connectivity index (χ3v) is 7.70. The molecule has 0 aromatic heterocycles. The second-order valence-corrected chi connectivity index (χ2v) is 10.2. The highest BCUT2D eigenvalue weighted by molar-refractivity contribution is 7.89. The summed E-state index contributed by atoms with van der Waals surface area (Å²) in [5.41, 5.74) is 0.263. The molecular weight excluding hydrogens is 430 g/mol. The zero-order valence-electron chi connectivity index (χ0n) is 16.7. The van der Waals surface area contributed by atoms with Crippen molar-refractivity contribution in [3.63, 3.8) is 0 Å². The predicted molar refractivity (Wildman–Crippen MR) is 111 cm³/mol. The number of benzene rings is 1. The molecule has 8 nitrogen and oxygen atoms in total. The Morgan fingerprint density at radius 1 is 1.10 bits per heavy atom. The molecule has 2 amide bonds. The van der Waals surface area contributed by atoms with E-state index in [-0.39, 0.29) is 45.9 Å². The minimum absolute atomic E-state index is 0.0613. The van der Waals surface area contributed by atoms with E-state index in [1.54, 1.807) is 4.90 Å². The molecule has 0 unspecified atom stereocenters. The van der Waals surface area contributed by atoms with Crippen LogP contribution in [0.25, 0.3) is 0 Å². The van der Waals surface area contributed by atoms with Crippen molar-refractivity contribution in [2.45, 2.75) is 36.7 Å². The zero-order chi connectivity index (χ0) is 21.3. The number of sulfonamides is 1. The summed E-state index contributed by atoms with van der Waals surface area (Å²) in [5, 5.41) is 0.0613. The van der Waals surface area contributed by atoms with Gasteiger partial charge in [-0.1, -0.05) is 11.6 Å².